The van der Waals surface area contributed by atoms with Gasteiger partial charge in [-0.1, -0.05) is 11.6 Å². The molecule has 0 unspecified atom stereocenters. The molecule has 1 fully saturated rings. The molecule has 0 radical (unpaired) electrons. The van der Waals surface area contributed by atoms with Crippen LogP contribution in [0.4, 0.5) is 15.8 Å². The molecule has 8 heteroatoms. The smallest absolute Gasteiger partial charge is 0.258 e. The van der Waals surface area contributed by atoms with Crippen molar-refractivity contribution < 1.29 is 9.18 Å². The third-order valence-corrected chi connectivity index (χ3v) is 6.19. The highest BCUT2D eigenvalue weighted by molar-refractivity contribution is 7.99. The van der Waals surface area contributed by atoms with Gasteiger partial charge in [0.1, 0.15) is 11.3 Å². The number of hydrogen-bond acceptors (Lipinski definition) is 5. The maximum absolute atomic E-state index is 14.1. The van der Waals surface area contributed by atoms with Crippen molar-refractivity contribution in [2.24, 2.45) is 0 Å². The van der Waals surface area contributed by atoms with Gasteiger partial charge in [0.2, 0.25) is 0 Å². The lowest BCUT2D eigenvalue weighted by Crippen LogP contribution is -2.32. The minimum Gasteiger partial charge on any atom is -0.369 e. The van der Waals surface area contributed by atoms with Gasteiger partial charge < -0.3 is 10.2 Å². The molecule has 0 saturated carbocycles. The molecule has 5 nitrogen and oxygen atoms in total. The Morgan fingerprint density at radius 3 is 2.59 bits per heavy atom. The van der Waals surface area contributed by atoms with E-state index < -0.39 is 11.7 Å². The fourth-order valence-electron chi connectivity index (χ4n) is 3.31. The second-order valence-electron chi connectivity index (χ2n) is 6.94. The topological polar surface area (TPSA) is 58.1 Å². The van der Waals surface area contributed by atoms with Crippen molar-refractivity contribution in [3.05, 3.63) is 58.1 Å². The van der Waals surface area contributed by atoms with Crippen molar-refractivity contribution in [1.82, 2.24) is 9.97 Å². The van der Waals surface area contributed by atoms with E-state index in [9.17, 15) is 9.18 Å². The van der Waals surface area contributed by atoms with E-state index in [-0.39, 0.29) is 5.56 Å². The summed E-state index contributed by atoms with van der Waals surface area (Å²) in [5, 5.41) is 3.38. The normalized spacial score (nSPS) is 14.3. The molecule has 0 spiro atoms. The predicted molar refractivity (Wildman–Crippen MR) is 118 cm³/mol. The number of carbonyl (C=O) groups excluding carboxylic acids is 1. The SMILES string of the molecule is Cc1nc2cc(F)cc(C(=O)Nc3ccc(N4CCSCC4)c(Cl)c3)c2nc1C. The van der Waals surface area contributed by atoms with Crippen LogP contribution in [0.25, 0.3) is 11.0 Å². The molecule has 3 aromatic rings. The van der Waals surface area contributed by atoms with Crippen LogP contribution < -0.4 is 10.2 Å². The number of nitrogens with zero attached hydrogens (tertiary/aromatic N) is 3. The summed E-state index contributed by atoms with van der Waals surface area (Å²) in [6.07, 6.45) is 0. The number of nitrogens with one attached hydrogen (secondary N) is 1. The second-order valence-corrected chi connectivity index (χ2v) is 8.57. The molecule has 1 aliphatic heterocycles. The quantitative estimate of drug-likeness (QED) is 0.644. The largest absolute Gasteiger partial charge is 0.369 e. The number of carbonyl (C=O) groups is 1. The zero-order valence-corrected chi connectivity index (χ0v) is 17.7. The summed E-state index contributed by atoms with van der Waals surface area (Å²) in [4.78, 5) is 23.9. The van der Waals surface area contributed by atoms with Crippen molar-refractivity contribution in [3.8, 4) is 0 Å². The number of amides is 1. The van der Waals surface area contributed by atoms with E-state index in [2.05, 4.69) is 20.2 Å². The molecule has 2 aromatic carbocycles. The summed E-state index contributed by atoms with van der Waals surface area (Å²) in [6.45, 7) is 5.51. The van der Waals surface area contributed by atoms with E-state index in [1.54, 1.807) is 13.0 Å². The number of fused-ring (bicyclic) bond motifs is 1. The summed E-state index contributed by atoms with van der Waals surface area (Å²) < 4.78 is 14.1. The Hall–Kier alpha value is -2.38. The highest BCUT2D eigenvalue weighted by Gasteiger charge is 2.18. The van der Waals surface area contributed by atoms with Crippen molar-refractivity contribution in [2.75, 3.05) is 34.8 Å². The zero-order valence-electron chi connectivity index (χ0n) is 16.1. The Morgan fingerprint density at radius 1 is 1.14 bits per heavy atom. The second kappa shape index (κ2) is 8.16. The van der Waals surface area contributed by atoms with Crippen LogP contribution in [-0.4, -0.2) is 40.5 Å². The number of rotatable bonds is 3. The molecule has 0 aliphatic carbocycles. The van der Waals surface area contributed by atoms with Gasteiger partial charge in [0, 0.05) is 36.3 Å². The van der Waals surface area contributed by atoms with Crippen molar-refractivity contribution in [3.63, 3.8) is 0 Å². The van der Waals surface area contributed by atoms with Crippen LogP contribution in [0, 0.1) is 19.7 Å². The summed E-state index contributed by atoms with van der Waals surface area (Å²) >= 11 is 8.40. The lowest BCUT2D eigenvalue weighted by molar-refractivity contribution is 0.102. The monoisotopic (exact) mass is 430 g/mol. The Balaban J connectivity index is 1.63. The van der Waals surface area contributed by atoms with E-state index in [4.69, 9.17) is 11.6 Å². The van der Waals surface area contributed by atoms with Gasteiger partial charge in [-0.3, -0.25) is 4.79 Å². The molecular weight excluding hydrogens is 411 g/mol. The number of halogens is 2. The van der Waals surface area contributed by atoms with Gasteiger partial charge in [-0.2, -0.15) is 11.8 Å². The standard InChI is InChI=1S/C21H20ClFN4OS/c1-12-13(2)25-20-16(9-14(23)10-18(20)24-12)21(28)26-15-3-4-19(17(22)11-15)27-5-7-29-8-6-27/h3-4,9-11H,5-8H2,1-2H3,(H,26,28). The summed E-state index contributed by atoms with van der Waals surface area (Å²) in [6, 6.07) is 7.91. The van der Waals surface area contributed by atoms with E-state index in [0.717, 1.165) is 30.3 Å². The highest BCUT2D eigenvalue weighted by atomic mass is 35.5. The molecule has 1 aromatic heterocycles. The van der Waals surface area contributed by atoms with Crippen LogP contribution in [0.1, 0.15) is 21.7 Å². The maximum atomic E-state index is 14.1. The Labute approximate surface area is 177 Å². The number of aryl methyl sites for hydroxylation is 2. The number of anilines is 2. The first-order valence-electron chi connectivity index (χ1n) is 9.30. The van der Waals surface area contributed by atoms with E-state index in [1.165, 1.54) is 12.1 Å². The van der Waals surface area contributed by atoms with Gasteiger partial charge in [0.05, 0.1) is 33.2 Å². The molecule has 4 rings (SSSR count). The lowest BCUT2D eigenvalue weighted by atomic mass is 10.1. The first-order chi connectivity index (χ1) is 13.9. The number of hydrogen-bond donors (Lipinski definition) is 1. The van der Waals surface area contributed by atoms with Crippen LogP contribution in [0.15, 0.2) is 30.3 Å². The van der Waals surface area contributed by atoms with E-state index in [0.29, 0.717) is 33.1 Å². The number of aromatic nitrogens is 2. The fraction of sp³-hybridized carbons (Fsp3) is 0.286. The lowest BCUT2D eigenvalue weighted by Gasteiger charge is -2.29. The molecular formula is C21H20ClFN4OS. The molecule has 1 aliphatic rings. The van der Waals surface area contributed by atoms with Crippen LogP contribution >= 0.6 is 23.4 Å². The van der Waals surface area contributed by atoms with Gasteiger partial charge in [-0.25, -0.2) is 14.4 Å². The Morgan fingerprint density at radius 2 is 1.86 bits per heavy atom. The third-order valence-electron chi connectivity index (χ3n) is 4.95. The Bertz CT molecular complexity index is 1100. The van der Waals surface area contributed by atoms with Crippen LogP contribution in [0.3, 0.4) is 0 Å². The zero-order chi connectivity index (χ0) is 20.5. The average Bonchev–Trinajstić information content (AvgIpc) is 2.69. The molecule has 1 saturated heterocycles. The summed E-state index contributed by atoms with van der Waals surface area (Å²) in [5.41, 5.74) is 3.78. The third kappa shape index (κ3) is 4.16. The number of thioether (sulfide) groups is 1. The minimum atomic E-state index is -0.531. The fourth-order valence-corrected chi connectivity index (χ4v) is 4.52. The van der Waals surface area contributed by atoms with Crippen molar-refractivity contribution in [1.29, 1.82) is 0 Å². The molecule has 1 amide bonds. The van der Waals surface area contributed by atoms with Gasteiger partial charge in [-0.15, -0.1) is 0 Å². The molecule has 2 heterocycles. The van der Waals surface area contributed by atoms with E-state index >= 15 is 0 Å². The first-order valence-corrected chi connectivity index (χ1v) is 10.8. The van der Waals surface area contributed by atoms with Crippen LogP contribution in [0.5, 0.6) is 0 Å². The highest BCUT2D eigenvalue weighted by Crippen LogP contribution is 2.31. The number of benzene rings is 2. The Kier molecular flexibility index (Phi) is 5.61. The minimum absolute atomic E-state index is 0.142. The molecule has 29 heavy (non-hydrogen) atoms. The molecule has 0 bridgehead atoms. The van der Waals surface area contributed by atoms with E-state index in [1.807, 2.05) is 30.8 Å². The average molecular weight is 431 g/mol. The van der Waals surface area contributed by atoms with Gasteiger partial charge in [0.15, 0.2) is 0 Å². The molecule has 150 valence electrons. The maximum Gasteiger partial charge on any atom is 0.258 e. The summed E-state index contributed by atoms with van der Waals surface area (Å²) in [7, 11) is 0. The van der Waals surface area contributed by atoms with Gasteiger partial charge in [0.25, 0.3) is 5.91 Å². The van der Waals surface area contributed by atoms with Crippen molar-refractivity contribution in [2.45, 2.75) is 13.8 Å². The molecule has 0 atom stereocenters. The van der Waals surface area contributed by atoms with Crippen molar-refractivity contribution >= 4 is 51.7 Å². The van der Waals surface area contributed by atoms with Crippen LogP contribution in [-0.2, 0) is 0 Å². The predicted octanol–water partition coefficient (Wildman–Crippen LogP) is 4.84. The van der Waals surface area contributed by atoms with Crippen LogP contribution in [0.2, 0.25) is 5.02 Å². The molecule has 1 N–H and O–H groups in total. The van der Waals surface area contributed by atoms with Gasteiger partial charge >= 0.3 is 0 Å². The first kappa shape index (κ1) is 19.9. The van der Waals surface area contributed by atoms with Gasteiger partial charge in [-0.05, 0) is 38.1 Å². The summed E-state index contributed by atoms with van der Waals surface area (Å²) in [5.74, 6) is 1.16.